The Morgan fingerprint density at radius 1 is 1.38 bits per heavy atom. The lowest BCUT2D eigenvalue weighted by Gasteiger charge is -2.34. The molecule has 1 saturated heterocycles. The average molecular weight is 229 g/mol. The van der Waals surface area contributed by atoms with E-state index in [0.29, 0.717) is 0 Å². The molecule has 0 aromatic heterocycles. The summed E-state index contributed by atoms with van der Waals surface area (Å²) in [4.78, 5) is 0. The van der Waals surface area contributed by atoms with Crippen LogP contribution in [0.1, 0.15) is 5.56 Å². The number of halogens is 2. The predicted molar refractivity (Wildman–Crippen MR) is 54.0 cm³/mol. The maximum Gasteiger partial charge on any atom is 0.181 e. The molecule has 0 spiro atoms. The highest BCUT2D eigenvalue weighted by atomic mass is 19.1. The molecule has 1 aliphatic rings. The normalized spacial score (nSPS) is 34.2. The van der Waals surface area contributed by atoms with Gasteiger partial charge in [0.15, 0.2) is 5.67 Å². The van der Waals surface area contributed by atoms with Crippen molar-refractivity contribution in [3.63, 3.8) is 0 Å². The Hall–Kier alpha value is -1.04. The fourth-order valence-corrected chi connectivity index (χ4v) is 1.96. The van der Waals surface area contributed by atoms with Gasteiger partial charge < -0.3 is 15.6 Å². The maximum absolute atomic E-state index is 14.3. The standard InChI is InChI=1S/C11H13F2NO2/c12-9-4-2-1-3-8(9)11(14)7-16-6-10(11,13)5-15/h1-4,15H,5-7,14H2/t10-,11+/m0/s1. The number of hydrogen-bond acceptors (Lipinski definition) is 3. The van der Waals surface area contributed by atoms with Crippen molar-refractivity contribution in [3.8, 4) is 0 Å². The van der Waals surface area contributed by atoms with Gasteiger partial charge in [0, 0.05) is 5.56 Å². The lowest BCUT2D eigenvalue weighted by molar-refractivity contribution is 0.0200. The van der Waals surface area contributed by atoms with Crippen molar-refractivity contribution in [3.05, 3.63) is 35.6 Å². The van der Waals surface area contributed by atoms with Crippen LogP contribution in [0.5, 0.6) is 0 Å². The summed E-state index contributed by atoms with van der Waals surface area (Å²) in [6.07, 6.45) is 0. The third-order valence-corrected chi connectivity index (χ3v) is 3.07. The monoisotopic (exact) mass is 229 g/mol. The number of rotatable bonds is 2. The van der Waals surface area contributed by atoms with Crippen molar-refractivity contribution in [1.82, 2.24) is 0 Å². The van der Waals surface area contributed by atoms with Crippen LogP contribution < -0.4 is 5.73 Å². The summed E-state index contributed by atoms with van der Waals surface area (Å²) in [6.45, 7) is -1.27. The SMILES string of the molecule is N[C@@]1(c2ccccc2F)COC[C@@]1(F)CO. The smallest absolute Gasteiger partial charge is 0.181 e. The first-order chi connectivity index (χ1) is 7.53. The molecule has 0 amide bonds. The number of benzene rings is 1. The molecule has 5 heteroatoms. The van der Waals surface area contributed by atoms with Crippen molar-refractivity contribution in [1.29, 1.82) is 0 Å². The zero-order valence-corrected chi connectivity index (χ0v) is 8.62. The number of aliphatic hydroxyl groups is 1. The van der Waals surface area contributed by atoms with Crippen LogP contribution >= 0.6 is 0 Å². The molecule has 1 heterocycles. The first-order valence-corrected chi connectivity index (χ1v) is 4.95. The second-order valence-electron chi connectivity index (χ2n) is 4.07. The largest absolute Gasteiger partial charge is 0.393 e. The van der Waals surface area contributed by atoms with Gasteiger partial charge >= 0.3 is 0 Å². The molecule has 3 nitrogen and oxygen atoms in total. The summed E-state index contributed by atoms with van der Waals surface area (Å²) in [5, 5.41) is 9.06. The molecule has 0 saturated carbocycles. The fraction of sp³-hybridized carbons (Fsp3) is 0.455. The van der Waals surface area contributed by atoms with Crippen LogP contribution in [0.25, 0.3) is 0 Å². The molecule has 0 unspecified atom stereocenters. The van der Waals surface area contributed by atoms with Crippen molar-refractivity contribution >= 4 is 0 Å². The van der Waals surface area contributed by atoms with Gasteiger partial charge in [0.1, 0.15) is 11.4 Å². The lowest BCUT2D eigenvalue weighted by Crippen LogP contribution is -2.57. The third-order valence-electron chi connectivity index (χ3n) is 3.07. The van der Waals surface area contributed by atoms with E-state index in [9.17, 15) is 8.78 Å². The van der Waals surface area contributed by atoms with E-state index in [1.165, 1.54) is 18.2 Å². The number of aliphatic hydroxyl groups excluding tert-OH is 1. The van der Waals surface area contributed by atoms with E-state index in [-0.39, 0.29) is 18.8 Å². The minimum Gasteiger partial charge on any atom is -0.393 e. The first kappa shape index (κ1) is 11.4. The van der Waals surface area contributed by atoms with Crippen LogP contribution in [0.15, 0.2) is 24.3 Å². The summed E-state index contributed by atoms with van der Waals surface area (Å²) in [5.74, 6) is -0.592. The van der Waals surface area contributed by atoms with Crippen LogP contribution in [-0.2, 0) is 10.3 Å². The van der Waals surface area contributed by atoms with Crippen LogP contribution in [-0.4, -0.2) is 30.6 Å². The van der Waals surface area contributed by atoms with Gasteiger partial charge in [-0.05, 0) is 6.07 Å². The number of alkyl halides is 1. The highest BCUT2D eigenvalue weighted by molar-refractivity contribution is 5.31. The van der Waals surface area contributed by atoms with Gasteiger partial charge in [-0.2, -0.15) is 0 Å². The van der Waals surface area contributed by atoms with Gasteiger partial charge in [-0.25, -0.2) is 8.78 Å². The zero-order valence-electron chi connectivity index (χ0n) is 8.62. The summed E-state index contributed by atoms with van der Waals surface area (Å²) in [5.41, 5.74) is 2.13. The van der Waals surface area contributed by atoms with E-state index in [1.807, 2.05) is 0 Å². The second kappa shape index (κ2) is 3.76. The first-order valence-electron chi connectivity index (χ1n) is 4.95. The Morgan fingerprint density at radius 2 is 2.06 bits per heavy atom. The minimum absolute atomic E-state index is 0.0315. The Bertz CT molecular complexity index is 401. The zero-order chi connectivity index (χ0) is 11.8. The van der Waals surface area contributed by atoms with Gasteiger partial charge in [0.25, 0.3) is 0 Å². The number of nitrogens with two attached hydrogens (primary N) is 1. The molecule has 0 aliphatic carbocycles. The van der Waals surface area contributed by atoms with Crippen molar-refractivity contribution in [2.75, 3.05) is 19.8 Å². The average Bonchev–Trinajstić information content (AvgIpc) is 2.58. The minimum atomic E-state index is -2.14. The van der Waals surface area contributed by atoms with E-state index in [0.717, 1.165) is 0 Å². The number of ether oxygens (including phenoxy) is 1. The maximum atomic E-state index is 14.3. The van der Waals surface area contributed by atoms with E-state index in [1.54, 1.807) is 6.07 Å². The van der Waals surface area contributed by atoms with Gasteiger partial charge in [-0.3, -0.25) is 0 Å². The van der Waals surface area contributed by atoms with E-state index in [2.05, 4.69) is 0 Å². The number of hydrogen-bond donors (Lipinski definition) is 2. The van der Waals surface area contributed by atoms with Crippen molar-refractivity contribution in [2.24, 2.45) is 5.73 Å². The molecule has 1 aliphatic heterocycles. The summed E-state index contributed by atoms with van der Waals surface area (Å²) >= 11 is 0. The summed E-state index contributed by atoms with van der Waals surface area (Å²) < 4.78 is 32.8. The van der Waals surface area contributed by atoms with Gasteiger partial charge in [-0.15, -0.1) is 0 Å². The molecule has 1 fully saturated rings. The molecular formula is C11H13F2NO2. The molecule has 1 aromatic carbocycles. The summed E-state index contributed by atoms with van der Waals surface area (Å²) in [6, 6.07) is 5.69. The fourth-order valence-electron chi connectivity index (χ4n) is 1.96. The molecule has 2 atom stereocenters. The van der Waals surface area contributed by atoms with Crippen molar-refractivity contribution in [2.45, 2.75) is 11.2 Å². The molecule has 16 heavy (non-hydrogen) atoms. The third kappa shape index (κ3) is 1.43. The Kier molecular flexibility index (Phi) is 2.69. The molecule has 2 rings (SSSR count). The Morgan fingerprint density at radius 3 is 2.69 bits per heavy atom. The van der Waals surface area contributed by atoms with E-state index >= 15 is 0 Å². The highest BCUT2D eigenvalue weighted by Gasteiger charge is 2.56. The van der Waals surface area contributed by atoms with Crippen LogP contribution in [0.3, 0.4) is 0 Å². The Balaban J connectivity index is 2.50. The second-order valence-corrected chi connectivity index (χ2v) is 4.07. The van der Waals surface area contributed by atoms with Crippen molar-refractivity contribution < 1.29 is 18.6 Å². The topological polar surface area (TPSA) is 55.5 Å². The lowest BCUT2D eigenvalue weighted by atomic mass is 9.79. The molecule has 88 valence electrons. The molecule has 0 bridgehead atoms. The van der Waals surface area contributed by atoms with Crippen LogP contribution in [0, 0.1) is 5.82 Å². The van der Waals surface area contributed by atoms with Gasteiger partial charge in [0.05, 0.1) is 19.8 Å². The quantitative estimate of drug-likeness (QED) is 0.785. The highest BCUT2D eigenvalue weighted by Crippen LogP contribution is 2.40. The van der Waals surface area contributed by atoms with E-state index < -0.39 is 23.6 Å². The predicted octanol–water partition coefficient (Wildman–Crippen LogP) is 0.711. The molecular weight excluding hydrogens is 216 g/mol. The van der Waals surface area contributed by atoms with Gasteiger partial charge in [-0.1, -0.05) is 18.2 Å². The summed E-state index contributed by atoms with van der Waals surface area (Å²) in [7, 11) is 0. The Labute approximate surface area is 91.8 Å². The molecule has 3 N–H and O–H groups in total. The van der Waals surface area contributed by atoms with Gasteiger partial charge in [0.2, 0.25) is 0 Å². The van der Waals surface area contributed by atoms with E-state index in [4.69, 9.17) is 15.6 Å². The molecule has 1 aromatic rings. The molecule has 0 radical (unpaired) electrons. The van der Waals surface area contributed by atoms with Crippen LogP contribution in [0.2, 0.25) is 0 Å². The van der Waals surface area contributed by atoms with Crippen LogP contribution in [0.4, 0.5) is 8.78 Å².